The third kappa shape index (κ3) is 6.55. The highest BCUT2D eigenvalue weighted by atomic mass is 32.2. The lowest BCUT2D eigenvalue weighted by Gasteiger charge is -2.22. The summed E-state index contributed by atoms with van der Waals surface area (Å²) < 4.78 is 44.4. The lowest BCUT2D eigenvalue weighted by molar-refractivity contribution is -0.118. The molecular weight excluding hydrogens is 419 g/mol. The van der Waals surface area contributed by atoms with Gasteiger partial charge < -0.3 is 10.1 Å². The number of aryl methyl sites for hydroxylation is 1. The van der Waals surface area contributed by atoms with Crippen LogP contribution in [0.5, 0.6) is 5.75 Å². The predicted molar refractivity (Wildman–Crippen MR) is 119 cm³/mol. The van der Waals surface area contributed by atoms with Gasteiger partial charge in [0.1, 0.15) is 11.6 Å². The van der Waals surface area contributed by atoms with Crippen molar-refractivity contribution in [1.82, 2.24) is 0 Å². The second-order valence-corrected chi connectivity index (χ2v) is 9.00. The molecule has 0 aromatic heterocycles. The van der Waals surface area contributed by atoms with Crippen LogP contribution in [-0.2, 0) is 21.4 Å². The van der Waals surface area contributed by atoms with E-state index in [4.69, 9.17) is 4.74 Å². The molecule has 0 radical (unpaired) electrons. The van der Waals surface area contributed by atoms with Crippen molar-refractivity contribution in [3.8, 4) is 5.75 Å². The molecule has 0 saturated heterocycles. The first-order valence-corrected chi connectivity index (χ1v) is 11.4. The van der Waals surface area contributed by atoms with Crippen molar-refractivity contribution in [3.63, 3.8) is 0 Å². The van der Waals surface area contributed by atoms with Gasteiger partial charge in [-0.05, 0) is 66.6 Å². The van der Waals surface area contributed by atoms with Gasteiger partial charge in [0.15, 0.2) is 6.61 Å². The van der Waals surface area contributed by atoms with Gasteiger partial charge in [-0.15, -0.1) is 0 Å². The molecule has 162 valence electrons. The number of nitrogens with one attached hydrogen (secondary N) is 1. The molecule has 8 heteroatoms. The molecule has 0 heterocycles. The smallest absolute Gasteiger partial charge is 0.262 e. The van der Waals surface area contributed by atoms with Crippen molar-refractivity contribution >= 4 is 27.3 Å². The minimum absolute atomic E-state index is 0.0677. The van der Waals surface area contributed by atoms with E-state index in [2.05, 4.69) is 5.32 Å². The maximum absolute atomic E-state index is 13.1. The van der Waals surface area contributed by atoms with E-state index in [1.54, 1.807) is 30.3 Å². The molecule has 0 fully saturated rings. The Morgan fingerprint density at radius 2 is 1.71 bits per heavy atom. The number of nitrogens with zero attached hydrogens (tertiary/aromatic N) is 1. The summed E-state index contributed by atoms with van der Waals surface area (Å²) in [7, 11) is -3.57. The summed E-state index contributed by atoms with van der Waals surface area (Å²) in [5.74, 6) is -0.260. The minimum Gasteiger partial charge on any atom is -0.484 e. The van der Waals surface area contributed by atoms with Crippen LogP contribution in [0.1, 0.15) is 11.1 Å². The molecule has 1 N–H and O–H groups in total. The average Bonchev–Trinajstić information content (AvgIpc) is 2.71. The molecule has 3 rings (SSSR count). The molecule has 3 aromatic carbocycles. The number of hydrogen-bond donors (Lipinski definition) is 1. The molecule has 6 nitrogen and oxygen atoms in total. The molecular formula is C23H23FN2O4S. The third-order valence-electron chi connectivity index (χ3n) is 4.44. The molecule has 0 bridgehead atoms. The fraction of sp³-hybridized carbons (Fsp3) is 0.174. The molecule has 0 atom stereocenters. The van der Waals surface area contributed by atoms with E-state index in [1.165, 1.54) is 28.6 Å². The van der Waals surface area contributed by atoms with Crippen LogP contribution >= 0.6 is 0 Å². The molecule has 0 spiro atoms. The van der Waals surface area contributed by atoms with E-state index in [9.17, 15) is 17.6 Å². The van der Waals surface area contributed by atoms with Gasteiger partial charge in [0.05, 0.1) is 18.5 Å². The Balaban J connectivity index is 1.64. The Labute approximate surface area is 181 Å². The average molecular weight is 443 g/mol. The third-order valence-corrected chi connectivity index (χ3v) is 5.58. The summed E-state index contributed by atoms with van der Waals surface area (Å²) in [5.41, 5.74) is 2.81. The van der Waals surface area contributed by atoms with Gasteiger partial charge in [-0.1, -0.05) is 24.3 Å². The number of amides is 1. The first-order valence-electron chi connectivity index (χ1n) is 9.52. The van der Waals surface area contributed by atoms with Crippen LogP contribution in [0.2, 0.25) is 0 Å². The molecule has 0 aliphatic carbocycles. The lowest BCUT2D eigenvalue weighted by atomic mass is 10.2. The SMILES string of the molecule is Cc1cccc(NC(=O)COc2ccc(N(Cc3ccc(F)cc3)S(C)(=O)=O)cc2)c1. The molecule has 0 aliphatic rings. The largest absolute Gasteiger partial charge is 0.484 e. The summed E-state index contributed by atoms with van der Waals surface area (Å²) in [5, 5.41) is 2.76. The Morgan fingerprint density at radius 1 is 1.03 bits per heavy atom. The van der Waals surface area contributed by atoms with Crippen LogP contribution in [-0.4, -0.2) is 27.2 Å². The van der Waals surface area contributed by atoms with Crippen LogP contribution in [0, 0.1) is 12.7 Å². The van der Waals surface area contributed by atoms with Crippen LogP contribution in [0.15, 0.2) is 72.8 Å². The second kappa shape index (κ2) is 9.61. The molecule has 0 aliphatic heterocycles. The van der Waals surface area contributed by atoms with Gasteiger partial charge in [0.2, 0.25) is 10.0 Å². The normalized spacial score (nSPS) is 11.1. The summed E-state index contributed by atoms with van der Waals surface area (Å²) in [6, 6.07) is 19.5. The quantitative estimate of drug-likeness (QED) is 0.570. The molecule has 1 amide bonds. The maximum atomic E-state index is 13.1. The maximum Gasteiger partial charge on any atom is 0.262 e. The lowest BCUT2D eigenvalue weighted by Crippen LogP contribution is -2.29. The highest BCUT2D eigenvalue weighted by molar-refractivity contribution is 7.92. The van der Waals surface area contributed by atoms with Gasteiger partial charge in [0, 0.05) is 5.69 Å². The number of anilines is 2. The van der Waals surface area contributed by atoms with Crippen molar-refractivity contribution in [2.24, 2.45) is 0 Å². The van der Waals surface area contributed by atoms with E-state index in [0.717, 1.165) is 11.8 Å². The number of hydrogen-bond acceptors (Lipinski definition) is 4. The zero-order chi connectivity index (χ0) is 22.4. The first kappa shape index (κ1) is 22.3. The topological polar surface area (TPSA) is 75.7 Å². The van der Waals surface area contributed by atoms with Gasteiger partial charge in [-0.25, -0.2) is 12.8 Å². The fourth-order valence-electron chi connectivity index (χ4n) is 2.93. The Morgan fingerprint density at radius 3 is 2.32 bits per heavy atom. The highest BCUT2D eigenvalue weighted by Gasteiger charge is 2.18. The highest BCUT2D eigenvalue weighted by Crippen LogP contribution is 2.24. The van der Waals surface area contributed by atoms with Crippen molar-refractivity contribution in [3.05, 3.63) is 89.7 Å². The molecule has 0 unspecified atom stereocenters. The monoisotopic (exact) mass is 442 g/mol. The van der Waals surface area contributed by atoms with E-state index in [0.29, 0.717) is 22.7 Å². The standard InChI is InChI=1S/C23H23FN2O4S/c1-17-4-3-5-20(14-17)25-23(27)16-30-22-12-10-21(11-13-22)26(31(2,28)29)15-18-6-8-19(24)9-7-18/h3-14H,15-16H2,1-2H3,(H,25,27). The van der Waals surface area contributed by atoms with E-state index in [-0.39, 0.29) is 24.9 Å². The van der Waals surface area contributed by atoms with E-state index in [1.807, 2.05) is 25.1 Å². The number of rotatable bonds is 8. The number of carbonyl (C=O) groups is 1. The first-order chi connectivity index (χ1) is 14.7. The minimum atomic E-state index is -3.57. The number of halogens is 1. The second-order valence-electron chi connectivity index (χ2n) is 7.10. The van der Waals surface area contributed by atoms with E-state index < -0.39 is 10.0 Å². The van der Waals surface area contributed by atoms with Gasteiger partial charge >= 0.3 is 0 Å². The number of sulfonamides is 1. The van der Waals surface area contributed by atoms with Gasteiger partial charge in [-0.2, -0.15) is 0 Å². The van der Waals surface area contributed by atoms with Gasteiger partial charge in [0.25, 0.3) is 5.91 Å². The number of ether oxygens (including phenoxy) is 1. The zero-order valence-corrected chi connectivity index (χ0v) is 18.0. The van der Waals surface area contributed by atoms with Crippen molar-refractivity contribution in [2.45, 2.75) is 13.5 Å². The molecule has 31 heavy (non-hydrogen) atoms. The van der Waals surface area contributed by atoms with Crippen LogP contribution in [0.25, 0.3) is 0 Å². The van der Waals surface area contributed by atoms with Crippen LogP contribution < -0.4 is 14.4 Å². The van der Waals surface area contributed by atoms with Gasteiger partial charge in [-0.3, -0.25) is 9.10 Å². The zero-order valence-electron chi connectivity index (χ0n) is 17.2. The molecule has 3 aromatic rings. The Bertz CT molecular complexity index is 1150. The van der Waals surface area contributed by atoms with Crippen molar-refractivity contribution in [2.75, 3.05) is 22.5 Å². The summed E-state index contributed by atoms with van der Waals surface area (Å²) in [4.78, 5) is 12.1. The van der Waals surface area contributed by atoms with E-state index >= 15 is 0 Å². The number of benzene rings is 3. The molecule has 0 saturated carbocycles. The fourth-order valence-corrected chi connectivity index (χ4v) is 3.82. The Kier molecular flexibility index (Phi) is 6.91. The Hall–Kier alpha value is -3.39. The van der Waals surface area contributed by atoms with Crippen LogP contribution in [0.4, 0.5) is 15.8 Å². The van der Waals surface area contributed by atoms with Crippen molar-refractivity contribution in [1.29, 1.82) is 0 Å². The van der Waals surface area contributed by atoms with Crippen LogP contribution in [0.3, 0.4) is 0 Å². The summed E-state index contributed by atoms with van der Waals surface area (Å²) in [6.07, 6.45) is 1.11. The van der Waals surface area contributed by atoms with Crippen molar-refractivity contribution < 1.29 is 22.3 Å². The number of carbonyl (C=O) groups excluding carboxylic acids is 1. The predicted octanol–water partition coefficient (Wildman–Crippen LogP) is 4.12. The summed E-state index contributed by atoms with van der Waals surface area (Å²) >= 11 is 0. The summed E-state index contributed by atoms with van der Waals surface area (Å²) in [6.45, 7) is 1.82.